The normalized spacial score (nSPS) is 15.3. The van der Waals surface area contributed by atoms with Crippen molar-refractivity contribution in [2.75, 3.05) is 29.4 Å². The fraction of sp³-hybridized carbons (Fsp3) is 0.333. The van der Waals surface area contributed by atoms with Gasteiger partial charge in [0.2, 0.25) is 5.91 Å². The molecule has 4 nitrogen and oxygen atoms in total. The molecule has 1 amide bonds. The number of amides is 1. The topological polar surface area (TPSA) is 36.4 Å². The minimum Gasteiger partial charge on any atom is -0.360 e. The Morgan fingerprint density at radius 1 is 0.955 bits per heavy atom. The molecule has 1 aliphatic heterocycles. The Kier molecular flexibility index (Phi) is 3.84. The Balaban J connectivity index is 1.79. The van der Waals surface area contributed by atoms with E-state index in [0.29, 0.717) is 13.1 Å². The number of aromatic nitrogens is 1. The van der Waals surface area contributed by atoms with E-state index in [4.69, 9.17) is 0 Å². The molecular weight excluding hydrogens is 274 g/mol. The molecule has 1 aromatic carbocycles. The van der Waals surface area contributed by atoms with Gasteiger partial charge in [-0.2, -0.15) is 0 Å². The van der Waals surface area contributed by atoms with Crippen LogP contribution in [0.25, 0.3) is 0 Å². The second-order valence-corrected chi connectivity index (χ2v) is 5.97. The van der Waals surface area contributed by atoms with Crippen molar-refractivity contribution >= 4 is 17.3 Å². The summed E-state index contributed by atoms with van der Waals surface area (Å²) in [6.45, 7) is 8.06. The zero-order chi connectivity index (χ0) is 15.7. The van der Waals surface area contributed by atoms with Gasteiger partial charge < -0.3 is 9.80 Å². The van der Waals surface area contributed by atoms with Gasteiger partial charge in [-0.15, -0.1) is 0 Å². The Morgan fingerprint density at radius 3 is 2.32 bits per heavy atom. The minimum absolute atomic E-state index is 0.144. The van der Waals surface area contributed by atoms with Gasteiger partial charge in [0, 0.05) is 36.4 Å². The van der Waals surface area contributed by atoms with Crippen LogP contribution in [0.2, 0.25) is 0 Å². The summed E-state index contributed by atoms with van der Waals surface area (Å²) in [5.41, 5.74) is 5.43. The summed E-state index contributed by atoms with van der Waals surface area (Å²) in [7, 11) is 0. The number of carbonyl (C=O) groups is 1. The maximum Gasteiger partial charge on any atom is 0.246 e. The van der Waals surface area contributed by atoms with E-state index in [1.165, 1.54) is 11.1 Å². The van der Waals surface area contributed by atoms with Crippen LogP contribution in [0.1, 0.15) is 16.8 Å². The lowest BCUT2D eigenvalue weighted by Gasteiger charge is -2.36. The summed E-state index contributed by atoms with van der Waals surface area (Å²) in [6, 6.07) is 10.3. The molecule has 2 heterocycles. The largest absolute Gasteiger partial charge is 0.360 e. The summed E-state index contributed by atoms with van der Waals surface area (Å²) in [6.07, 6.45) is 1.80. The molecule has 0 saturated carbocycles. The maximum absolute atomic E-state index is 12.6. The monoisotopic (exact) mass is 295 g/mol. The van der Waals surface area contributed by atoms with E-state index in [-0.39, 0.29) is 5.91 Å². The summed E-state index contributed by atoms with van der Waals surface area (Å²) in [4.78, 5) is 20.8. The molecule has 0 unspecified atom stereocenters. The Bertz CT molecular complexity index is 691. The Morgan fingerprint density at radius 2 is 1.68 bits per heavy atom. The highest BCUT2D eigenvalue weighted by Gasteiger charge is 2.25. The first-order valence-electron chi connectivity index (χ1n) is 7.59. The summed E-state index contributed by atoms with van der Waals surface area (Å²) in [5, 5.41) is 0. The van der Waals surface area contributed by atoms with Crippen LogP contribution in [-0.4, -0.2) is 30.5 Å². The molecule has 0 radical (unpaired) electrons. The molecule has 114 valence electrons. The van der Waals surface area contributed by atoms with Crippen LogP contribution in [0, 0.1) is 20.8 Å². The van der Waals surface area contributed by atoms with Crippen molar-refractivity contribution in [3.8, 4) is 0 Å². The van der Waals surface area contributed by atoms with Crippen LogP contribution in [0.5, 0.6) is 0 Å². The second-order valence-electron chi connectivity index (χ2n) is 5.97. The molecule has 0 atom stereocenters. The quantitative estimate of drug-likeness (QED) is 0.855. The number of hydrogen-bond donors (Lipinski definition) is 0. The van der Waals surface area contributed by atoms with E-state index in [2.05, 4.69) is 41.9 Å². The first kappa shape index (κ1) is 14.6. The van der Waals surface area contributed by atoms with Crippen LogP contribution in [0.15, 0.2) is 36.5 Å². The van der Waals surface area contributed by atoms with E-state index in [1.54, 1.807) is 6.20 Å². The van der Waals surface area contributed by atoms with Gasteiger partial charge in [0.25, 0.3) is 0 Å². The number of aryl methyl sites for hydroxylation is 3. The lowest BCUT2D eigenvalue weighted by atomic mass is 10.1. The number of pyridine rings is 1. The van der Waals surface area contributed by atoms with Gasteiger partial charge in [-0.3, -0.25) is 9.78 Å². The van der Waals surface area contributed by atoms with E-state index in [1.807, 2.05) is 24.0 Å². The van der Waals surface area contributed by atoms with Gasteiger partial charge in [-0.1, -0.05) is 6.07 Å². The predicted octanol–water partition coefficient (Wildman–Crippen LogP) is 2.86. The van der Waals surface area contributed by atoms with Gasteiger partial charge in [-0.05, 0) is 56.2 Å². The maximum atomic E-state index is 12.6. The van der Waals surface area contributed by atoms with Gasteiger partial charge in [0.1, 0.15) is 0 Å². The van der Waals surface area contributed by atoms with Gasteiger partial charge >= 0.3 is 0 Å². The van der Waals surface area contributed by atoms with Crippen molar-refractivity contribution in [1.82, 2.24) is 4.98 Å². The fourth-order valence-electron chi connectivity index (χ4n) is 3.00. The van der Waals surface area contributed by atoms with Crippen molar-refractivity contribution in [3.63, 3.8) is 0 Å². The lowest BCUT2D eigenvalue weighted by molar-refractivity contribution is -0.117. The highest BCUT2D eigenvalue weighted by atomic mass is 16.2. The third-order valence-corrected chi connectivity index (χ3v) is 3.98. The average molecular weight is 295 g/mol. The molecule has 3 rings (SSSR count). The average Bonchev–Trinajstić information content (AvgIpc) is 2.46. The van der Waals surface area contributed by atoms with Crippen LogP contribution < -0.4 is 9.80 Å². The minimum atomic E-state index is 0.144. The van der Waals surface area contributed by atoms with E-state index >= 15 is 0 Å². The number of nitrogens with zero attached hydrogens (tertiary/aromatic N) is 3. The molecule has 0 bridgehead atoms. The van der Waals surface area contributed by atoms with Crippen molar-refractivity contribution in [1.29, 1.82) is 0 Å². The highest BCUT2D eigenvalue weighted by Crippen LogP contribution is 2.23. The number of piperazine rings is 1. The van der Waals surface area contributed by atoms with Crippen molar-refractivity contribution in [3.05, 3.63) is 53.3 Å². The van der Waals surface area contributed by atoms with E-state index in [0.717, 1.165) is 23.6 Å². The molecule has 1 fully saturated rings. The van der Waals surface area contributed by atoms with Gasteiger partial charge in [0.15, 0.2) is 0 Å². The first-order chi connectivity index (χ1) is 10.5. The summed E-state index contributed by atoms with van der Waals surface area (Å²) >= 11 is 0. The fourth-order valence-corrected chi connectivity index (χ4v) is 3.00. The SMILES string of the molecule is Cc1cc(C)cc(N2CCN(c3ccnc(C)c3)CC2=O)c1. The molecular formula is C18H21N3O. The van der Waals surface area contributed by atoms with Crippen LogP contribution in [0.3, 0.4) is 0 Å². The van der Waals surface area contributed by atoms with Crippen LogP contribution >= 0.6 is 0 Å². The van der Waals surface area contributed by atoms with E-state index in [9.17, 15) is 4.79 Å². The molecule has 1 saturated heterocycles. The second kappa shape index (κ2) is 5.79. The van der Waals surface area contributed by atoms with Crippen molar-refractivity contribution in [2.45, 2.75) is 20.8 Å². The predicted molar refractivity (Wildman–Crippen MR) is 89.5 cm³/mol. The lowest BCUT2D eigenvalue weighted by Crippen LogP contribution is -2.50. The van der Waals surface area contributed by atoms with E-state index < -0.39 is 0 Å². The highest BCUT2D eigenvalue weighted by molar-refractivity contribution is 5.97. The number of benzene rings is 1. The van der Waals surface area contributed by atoms with Gasteiger partial charge in [0.05, 0.1) is 6.54 Å². The number of hydrogen-bond acceptors (Lipinski definition) is 3. The summed E-state index contributed by atoms with van der Waals surface area (Å²) in [5.74, 6) is 0.144. The number of rotatable bonds is 2. The van der Waals surface area contributed by atoms with Crippen LogP contribution in [-0.2, 0) is 4.79 Å². The Labute approximate surface area is 131 Å². The molecule has 0 N–H and O–H groups in total. The third kappa shape index (κ3) is 2.96. The molecule has 0 aliphatic carbocycles. The summed E-state index contributed by atoms with van der Waals surface area (Å²) < 4.78 is 0. The van der Waals surface area contributed by atoms with Gasteiger partial charge in [-0.25, -0.2) is 0 Å². The zero-order valence-corrected chi connectivity index (χ0v) is 13.3. The third-order valence-electron chi connectivity index (χ3n) is 3.98. The zero-order valence-electron chi connectivity index (χ0n) is 13.3. The molecule has 0 spiro atoms. The van der Waals surface area contributed by atoms with Crippen molar-refractivity contribution in [2.24, 2.45) is 0 Å². The first-order valence-corrected chi connectivity index (χ1v) is 7.59. The molecule has 1 aliphatic rings. The number of anilines is 2. The molecule has 2 aromatic rings. The molecule has 22 heavy (non-hydrogen) atoms. The number of carbonyl (C=O) groups excluding carboxylic acids is 1. The molecule has 4 heteroatoms. The standard InChI is InChI=1S/C18H21N3O/c1-13-8-14(2)10-17(9-13)21-7-6-20(12-18(21)22)16-4-5-19-15(3)11-16/h4-5,8-11H,6-7,12H2,1-3H3. The van der Waals surface area contributed by atoms with Crippen molar-refractivity contribution < 1.29 is 4.79 Å². The van der Waals surface area contributed by atoms with Crippen LogP contribution in [0.4, 0.5) is 11.4 Å². The molecule has 1 aromatic heterocycles. The smallest absolute Gasteiger partial charge is 0.246 e. The Hall–Kier alpha value is -2.36.